The van der Waals surface area contributed by atoms with Crippen molar-refractivity contribution in [3.8, 4) is 5.75 Å². The van der Waals surface area contributed by atoms with Crippen LogP contribution in [0.15, 0.2) is 36.4 Å². The second-order valence-corrected chi connectivity index (χ2v) is 6.55. The molecular weight excluding hydrogens is 319 g/mol. The van der Waals surface area contributed by atoms with Gasteiger partial charge in [-0.1, -0.05) is 6.07 Å². The van der Waals surface area contributed by atoms with E-state index in [1.807, 2.05) is 25.1 Å². The summed E-state index contributed by atoms with van der Waals surface area (Å²) >= 11 is 0. The van der Waals surface area contributed by atoms with Crippen LogP contribution in [0.2, 0.25) is 0 Å². The van der Waals surface area contributed by atoms with Crippen molar-refractivity contribution in [2.45, 2.75) is 26.3 Å². The Bertz CT molecular complexity index is 763. The summed E-state index contributed by atoms with van der Waals surface area (Å²) in [5.74, 6) is -0.169. The third kappa shape index (κ3) is 4.23. The molecule has 0 saturated carbocycles. The van der Waals surface area contributed by atoms with Gasteiger partial charge in [-0.2, -0.15) is 0 Å². The Morgan fingerprint density at radius 3 is 2.96 bits per heavy atom. The summed E-state index contributed by atoms with van der Waals surface area (Å²) in [6.07, 6.45) is 1.76. The molecule has 0 bridgehead atoms. The van der Waals surface area contributed by atoms with Crippen molar-refractivity contribution in [2.75, 3.05) is 20.2 Å². The van der Waals surface area contributed by atoms with Crippen LogP contribution in [0, 0.1) is 18.7 Å². The summed E-state index contributed by atoms with van der Waals surface area (Å²) in [6.45, 7) is 4.31. The highest BCUT2D eigenvalue weighted by atomic mass is 19.1. The molecule has 0 amide bonds. The maximum absolute atomic E-state index is 13.6. The van der Waals surface area contributed by atoms with Crippen molar-refractivity contribution in [2.24, 2.45) is 5.92 Å². The quantitative estimate of drug-likeness (QED) is 0.778. The van der Waals surface area contributed by atoms with Crippen LogP contribution in [-0.4, -0.2) is 35.9 Å². The van der Waals surface area contributed by atoms with Crippen molar-refractivity contribution in [3.05, 3.63) is 59.2 Å². The fourth-order valence-corrected chi connectivity index (χ4v) is 3.42. The molecule has 0 radical (unpaired) electrons. The van der Waals surface area contributed by atoms with Crippen LogP contribution in [-0.2, 0) is 6.54 Å². The maximum atomic E-state index is 13.6. The molecule has 2 aromatic rings. The van der Waals surface area contributed by atoms with Gasteiger partial charge >= 0.3 is 0 Å². The number of nitrogens with zero attached hydrogens (tertiary/aromatic N) is 2. The van der Waals surface area contributed by atoms with E-state index in [0.29, 0.717) is 17.9 Å². The molecule has 1 fully saturated rings. The van der Waals surface area contributed by atoms with Crippen LogP contribution in [0.25, 0.3) is 0 Å². The van der Waals surface area contributed by atoms with Crippen LogP contribution in [0.4, 0.5) is 4.39 Å². The standard InChI is InChI=1S/C20H23FN2O2/c1-14-5-3-7-17(22-14)13-23-10-4-6-15(12-23)20(24)18-11-16(21)8-9-19(18)25-2/h3,5,7-9,11,15H,4,6,10,12-13H2,1-2H3/t15-/m0/s1. The second-order valence-electron chi connectivity index (χ2n) is 6.55. The number of carbonyl (C=O) groups is 1. The van der Waals surface area contributed by atoms with Gasteiger partial charge in [-0.3, -0.25) is 14.7 Å². The van der Waals surface area contributed by atoms with Crippen LogP contribution < -0.4 is 4.74 Å². The Balaban J connectivity index is 1.72. The first-order valence-electron chi connectivity index (χ1n) is 8.59. The molecule has 0 unspecified atom stereocenters. The molecule has 0 aliphatic carbocycles. The predicted molar refractivity (Wildman–Crippen MR) is 94.3 cm³/mol. The molecular formula is C20H23FN2O2. The zero-order chi connectivity index (χ0) is 17.8. The van der Waals surface area contributed by atoms with Gasteiger partial charge in [0.25, 0.3) is 0 Å². The number of Topliss-reactive ketones (excluding diaryl/α,β-unsaturated/α-hetero) is 1. The number of rotatable bonds is 5. The molecule has 1 aromatic heterocycles. The molecule has 1 aromatic carbocycles. The Morgan fingerprint density at radius 1 is 1.36 bits per heavy atom. The summed E-state index contributed by atoms with van der Waals surface area (Å²) in [6, 6.07) is 10.1. The Kier molecular flexibility index (Phi) is 5.43. The van der Waals surface area contributed by atoms with Crippen molar-refractivity contribution in [3.63, 3.8) is 0 Å². The fraction of sp³-hybridized carbons (Fsp3) is 0.400. The second kappa shape index (κ2) is 7.74. The number of benzene rings is 1. The molecule has 2 heterocycles. The normalized spacial score (nSPS) is 18.1. The first-order valence-corrected chi connectivity index (χ1v) is 8.59. The van der Waals surface area contributed by atoms with E-state index >= 15 is 0 Å². The van der Waals surface area contributed by atoms with E-state index in [1.165, 1.54) is 25.3 Å². The fourth-order valence-electron chi connectivity index (χ4n) is 3.42. The number of hydrogen-bond acceptors (Lipinski definition) is 4. The van der Waals surface area contributed by atoms with Crippen molar-refractivity contribution in [1.29, 1.82) is 0 Å². The molecule has 3 rings (SSSR count). The zero-order valence-electron chi connectivity index (χ0n) is 14.7. The van der Waals surface area contributed by atoms with Crippen LogP contribution in [0.5, 0.6) is 5.75 Å². The minimum absolute atomic E-state index is 0.0433. The van der Waals surface area contributed by atoms with Crippen molar-refractivity contribution in [1.82, 2.24) is 9.88 Å². The van der Waals surface area contributed by atoms with Gasteiger partial charge in [0.05, 0.1) is 18.4 Å². The number of pyridine rings is 1. The van der Waals surface area contributed by atoms with Crippen LogP contribution >= 0.6 is 0 Å². The Labute approximate surface area is 147 Å². The monoisotopic (exact) mass is 342 g/mol. The number of ether oxygens (including phenoxy) is 1. The lowest BCUT2D eigenvalue weighted by atomic mass is 9.89. The van der Waals surface area contributed by atoms with Crippen molar-refractivity contribution < 1.29 is 13.9 Å². The van der Waals surface area contributed by atoms with Gasteiger partial charge in [0.2, 0.25) is 0 Å². The van der Waals surface area contributed by atoms with E-state index in [2.05, 4.69) is 9.88 Å². The maximum Gasteiger partial charge on any atom is 0.171 e. The molecule has 25 heavy (non-hydrogen) atoms. The first kappa shape index (κ1) is 17.5. The number of methoxy groups -OCH3 is 1. The van der Waals surface area contributed by atoms with Gasteiger partial charge in [-0.05, 0) is 56.6 Å². The van der Waals surface area contributed by atoms with Crippen LogP contribution in [0.3, 0.4) is 0 Å². The number of halogens is 1. The minimum Gasteiger partial charge on any atom is -0.496 e. The van der Waals surface area contributed by atoms with E-state index in [-0.39, 0.29) is 11.7 Å². The van der Waals surface area contributed by atoms with E-state index in [1.54, 1.807) is 0 Å². The number of piperidine rings is 1. The largest absolute Gasteiger partial charge is 0.496 e. The zero-order valence-corrected chi connectivity index (χ0v) is 14.7. The number of aromatic nitrogens is 1. The molecule has 1 aliphatic heterocycles. The lowest BCUT2D eigenvalue weighted by Crippen LogP contribution is -2.38. The average molecular weight is 342 g/mol. The molecule has 1 saturated heterocycles. The lowest BCUT2D eigenvalue weighted by Gasteiger charge is -2.32. The van der Waals surface area contributed by atoms with Gasteiger partial charge in [0.15, 0.2) is 5.78 Å². The van der Waals surface area contributed by atoms with Crippen molar-refractivity contribution >= 4 is 5.78 Å². The van der Waals surface area contributed by atoms with E-state index in [4.69, 9.17) is 4.74 Å². The Morgan fingerprint density at radius 2 is 2.20 bits per heavy atom. The average Bonchev–Trinajstić information content (AvgIpc) is 2.61. The molecule has 1 atom stereocenters. The number of hydrogen-bond donors (Lipinski definition) is 0. The van der Waals surface area contributed by atoms with Crippen LogP contribution in [0.1, 0.15) is 34.6 Å². The first-order chi connectivity index (χ1) is 12.1. The highest BCUT2D eigenvalue weighted by Gasteiger charge is 2.28. The molecule has 132 valence electrons. The highest BCUT2D eigenvalue weighted by molar-refractivity contribution is 6.00. The SMILES string of the molecule is COc1ccc(F)cc1C(=O)[C@H]1CCCN(Cc2cccc(C)n2)C1. The predicted octanol–water partition coefficient (Wildman–Crippen LogP) is 3.63. The molecule has 4 nitrogen and oxygen atoms in total. The smallest absolute Gasteiger partial charge is 0.171 e. The van der Waals surface area contributed by atoms with E-state index < -0.39 is 5.82 Å². The topological polar surface area (TPSA) is 42.4 Å². The van der Waals surface area contributed by atoms with E-state index in [0.717, 1.165) is 37.3 Å². The number of carbonyl (C=O) groups excluding carboxylic acids is 1. The van der Waals surface area contributed by atoms with Gasteiger partial charge in [-0.25, -0.2) is 4.39 Å². The van der Waals surface area contributed by atoms with Gasteiger partial charge in [0, 0.05) is 24.7 Å². The number of ketones is 1. The molecule has 5 heteroatoms. The van der Waals surface area contributed by atoms with Gasteiger partial charge < -0.3 is 4.74 Å². The number of likely N-dealkylation sites (tertiary alicyclic amines) is 1. The third-order valence-corrected chi connectivity index (χ3v) is 4.63. The summed E-state index contributed by atoms with van der Waals surface area (Å²) in [4.78, 5) is 19.7. The number of aryl methyl sites for hydroxylation is 1. The molecule has 0 N–H and O–H groups in total. The minimum atomic E-state index is -0.416. The summed E-state index contributed by atoms with van der Waals surface area (Å²) < 4.78 is 18.8. The third-order valence-electron chi connectivity index (χ3n) is 4.63. The highest BCUT2D eigenvalue weighted by Crippen LogP contribution is 2.27. The molecule has 1 aliphatic rings. The summed E-state index contributed by atoms with van der Waals surface area (Å²) in [5, 5.41) is 0. The summed E-state index contributed by atoms with van der Waals surface area (Å²) in [5.41, 5.74) is 2.34. The molecule has 0 spiro atoms. The van der Waals surface area contributed by atoms with Gasteiger partial charge in [0.1, 0.15) is 11.6 Å². The Hall–Kier alpha value is -2.27. The van der Waals surface area contributed by atoms with Gasteiger partial charge in [-0.15, -0.1) is 0 Å². The lowest BCUT2D eigenvalue weighted by molar-refractivity contribution is 0.0806. The summed E-state index contributed by atoms with van der Waals surface area (Å²) in [7, 11) is 1.50. The van der Waals surface area contributed by atoms with E-state index in [9.17, 15) is 9.18 Å².